The summed E-state index contributed by atoms with van der Waals surface area (Å²) in [6.45, 7) is 2.96. The van der Waals surface area contributed by atoms with Gasteiger partial charge in [0.2, 0.25) is 0 Å². The summed E-state index contributed by atoms with van der Waals surface area (Å²) in [5, 5.41) is 6.08. The number of carbonyl (C=O) groups excluding carboxylic acids is 1. The van der Waals surface area contributed by atoms with Gasteiger partial charge in [-0.05, 0) is 24.3 Å². The topological polar surface area (TPSA) is 41.1 Å². The number of hydrogen-bond donors (Lipinski definition) is 2. The van der Waals surface area contributed by atoms with Gasteiger partial charge in [-0.3, -0.25) is 0 Å². The molecule has 1 aromatic rings. The number of urea groups is 1. The van der Waals surface area contributed by atoms with Crippen LogP contribution < -0.4 is 10.6 Å². The molecule has 1 aromatic carbocycles. The van der Waals surface area contributed by atoms with Crippen molar-refractivity contribution in [2.24, 2.45) is 5.92 Å². The molecule has 2 rings (SSSR count). The van der Waals surface area contributed by atoms with Crippen LogP contribution in [0.3, 0.4) is 0 Å². The van der Waals surface area contributed by atoms with Crippen LogP contribution in [0.25, 0.3) is 0 Å². The molecule has 4 heteroatoms. The van der Waals surface area contributed by atoms with Crippen LogP contribution in [0.1, 0.15) is 38.2 Å². The average molecular weight is 306 g/mol. The molecular weight excluding hydrogens is 280 g/mol. The number of amides is 2. The molecule has 0 unspecified atom stereocenters. The van der Waals surface area contributed by atoms with Gasteiger partial charge in [-0.25, -0.2) is 4.79 Å². The van der Waals surface area contributed by atoms with Crippen molar-refractivity contribution < 1.29 is 4.79 Å². The molecule has 0 radical (unpaired) electrons. The fourth-order valence-electron chi connectivity index (χ4n) is 2.75. The number of carbonyl (C=O) groups is 1. The van der Waals surface area contributed by atoms with Crippen molar-refractivity contribution in [1.82, 2.24) is 10.6 Å². The van der Waals surface area contributed by atoms with E-state index >= 15 is 0 Å². The number of thioether (sulfide) groups is 1. The highest BCUT2D eigenvalue weighted by atomic mass is 32.2. The van der Waals surface area contributed by atoms with Crippen molar-refractivity contribution >= 4 is 17.8 Å². The number of hydrogen-bond acceptors (Lipinski definition) is 2. The highest BCUT2D eigenvalue weighted by Gasteiger charge is 2.22. The van der Waals surface area contributed by atoms with E-state index in [0.717, 1.165) is 24.5 Å². The molecular formula is C17H26N2OS. The zero-order valence-electron chi connectivity index (χ0n) is 12.8. The lowest BCUT2D eigenvalue weighted by molar-refractivity contribution is 0.222. The van der Waals surface area contributed by atoms with Crippen LogP contribution in [-0.4, -0.2) is 24.4 Å². The Morgan fingerprint density at radius 1 is 1.24 bits per heavy atom. The number of rotatable bonds is 6. The summed E-state index contributed by atoms with van der Waals surface area (Å²) in [5.41, 5.74) is 1.34. The standard InChI is InChI=1S/C17H26N2OS/c1-14-7-5-6-10-16(14)19-17(20)18-11-12-21-13-15-8-3-2-4-9-15/h2-4,8-9,14,16H,5-7,10-13H2,1H3,(H2,18,19,20)/t14-,16+/m0/s1. The summed E-state index contributed by atoms with van der Waals surface area (Å²) in [5.74, 6) is 2.56. The third kappa shape index (κ3) is 6.00. The Morgan fingerprint density at radius 3 is 2.76 bits per heavy atom. The fourth-order valence-corrected chi connectivity index (χ4v) is 3.57. The first kappa shape index (κ1) is 16.2. The van der Waals surface area contributed by atoms with Crippen LogP contribution in [0, 0.1) is 5.92 Å². The summed E-state index contributed by atoms with van der Waals surface area (Å²) in [6, 6.07) is 10.8. The summed E-state index contributed by atoms with van der Waals surface area (Å²) >= 11 is 1.85. The van der Waals surface area contributed by atoms with Crippen LogP contribution in [0.15, 0.2) is 30.3 Å². The second-order valence-corrected chi connectivity index (χ2v) is 6.91. The molecule has 0 aliphatic heterocycles. The summed E-state index contributed by atoms with van der Waals surface area (Å²) in [6.07, 6.45) is 4.90. The zero-order chi connectivity index (χ0) is 14.9. The van der Waals surface area contributed by atoms with Crippen molar-refractivity contribution in [2.45, 2.75) is 44.4 Å². The van der Waals surface area contributed by atoms with Crippen molar-refractivity contribution in [3.05, 3.63) is 35.9 Å². The van der Waals surface area contributed by atoms with Gasteiger partial charge in [0, 0.05) is 24.1 Å². The molecule has 1 saturated carbocycles. The molecule has 1 fully saturated rings. The van der Waals surface area contributed by atoms with Gasteiger partial charge in [-0.1, -0.05) is 50.1 Å². The lowest BCUT2D eigenvalue weighted by Gasteiger charge is -2.29. The first-order valence-corrected chi connectivity index (χ1v) is 9.07. The van der Waals surface area contributed by atoms with Crippen molar-refractivity contribution in [2.75, 3.05) is 12.3 Å². The SMILES string of the molecule is C[C@H]1CCCC[C@H]1NC(=O)NCCSCc1ccccc1. The summed E-state index contributed by atoms with van der Waals surface area (Å²) in [7, 11) is 0. The molecule has 0 aromatic heterocycles. The van der Waals surface area contributed by atoms with Gasteiger partial charge in [0.05, 0.1) is 0 Å². The van der Waals surface area contributed by atoms with Crippen LogP contribution in [0.4, 0.5) is 4.79 Å². The molecule has 2 N–H and O–H groups in total. The maximum absolute atomic E-state index is 11.9. The highest BCUT2D eigenvalue weighted by Crippen LogP contribution is 2.23. The van der Waals surface area contributed by atoms with E-state index < -0.39 is 0 Å². The van der Waals surface area contributed by atoms with E-state index in [1.165, 1.54) is 24.8 Å². The molecule has 0 spiro atoms. The highest BCUT2D eigenvalue weighted by molar-refractivity contribution is 7.98. The molecule has 0 saturated heterocycles. The minimum Gasteiger partial charge on any atom is -0.337 e. The first-order valence-electron chi connectivity index (χ1n) is 7.92. The van der Waals surface area contributed by atoms with E-state index in [4.69, 9.17) is 0 Å². The second-order valence-electron chi connectivity index (χ2n) is 5.81. The monoisotopic (exact) mass is 306 g/mol. The molecule has 0 bridgehead atoms. The lowest BCUT2D eigenvalue weighted by Crippen LogP contribution is -2.46. The van der Waals surface area contributed by atoms with Gasteiger partial charge in [0.15, 0.2) is 0 Å². The molecule has 1 aliphatic rings. The first-order chi connectivity index (χ1) is 10.3. The van der Waals surface area contributed by atoms with Crippen molar-refractivity contribution in [3.8, 4) is 0 Å². The summed E-state index contributed by atoms with van der Waals surface area (Å²) in [4.78, 5) is 11.9. The predicted molar refractivity (Wildman–Crippen MR) is 90.6 cm³/mol. The van der Waals surface area contributed by atoms with Gasteiger partial charge >= 0.3 is 6.03 Å². The van der Waals surface area contributed by atoms with Crippen molar-refractivity contribution in [1.29, 1.82) is 0 Å². The zero-order valence-corrected chi connectivity index (χ0v) is 13.6. The van der Waals surface area contributed by atoms with Gasteiger partial charge in [-0.15, -0.1) is 0 Å². The fraction of sp³-hybridized carbons (Fsp3) is 0.588. The summed E-state index contributed by atoms with van der Waals surface area (Å²) < 4.78 is 0. The van der Waals surface area contributed by atoms with Crippen LogP contribution in [0.2, 0.25) is 0 Å². The van der Waals surface area contributed by atoms with Gasteiger partial charge < -0.3 is 10.6 Å². The number of nitrogens with one attached hydrogen (secondary N) is 2. The average Bonchev–Trinajstić information content (AvgIpc) is 2.50. The Balaban J connectivity index is 1.55. The third-order valence-electron chi connectivity index (χ3n) is 4.07. The smallest absolute Gasteiger partial charge is 0.315 e. The van der Waals surface area contributed by atoms with E-state index in [9.17, 15) is 4.79 Å². The lowest BCUT2D eigenvalue weighted by atomic mass is 9.86. The van der Waals surface area contributed by atoms with Crippen LogP contribution >= 0.6 is 11.8 Å². The Kier molecular flexibility index (Phi) is 6.93. The quantitative estimate of drug-likeness (QED) is 0.785. The molecule has 21 heavy (non-hydrogen) atoms. The van der Waals surface area contributed by atoms with Crippen LogP contribution in [0.5, 0.6) is 0 Å². The normalized spacial score (nSPS) is 21.8. The Morgan fingerprint density at radius 2 is 2.00 bits per heavy atom. The van der Waals surface area contributed by atoms with E-state index in [1.807, 2.05) is 17.8 Å². The molecule has 3 nitrogen and oxygen atoms in total. The Bertz CT molecular complexity index is 424. The Labute approximate surface area is 132 Å². The maximum atomic E-state index is 11.9. The minimum atomic E-state index is -0.00550. The molecule has 1 aliphatic carbocycles. The van der Waals surface area contributed by atoms with E-state index in [-0.39, 0.29) is 6.03 Å². The third-order valence-corrected chi connectivity index (χ3v) is 5.10. The Hall–Kier alpha value is -1.16. The molecule has 2 amide bonds. The molecule has 0 heterocycles. The maximum Gasteiger partial charge on any atom is 0.315 e. The van der Waals surface area contributed by atoms with Gasteiger partial charge in [0.1, 0.15) is 0 Å². The van der Waals surface area contributed by atoms with Gasteiger partial charge in [-0.2, -0.15) is 11.8 Å². The van der Waals surface area contributed by atoms with E-state index in [2.05, 4.69) is 41.8 Å². The molecule has 116 valence electrons. The van der Waals surface area contributed by atoms with Crippen molar-refractivity contribution in [3.63, 3.8) is 0 Å². The van der Waals surface area contributed by atoms with E-state index in [1.54, 1.807) is 0 Å². The number of benzene rings is 1. The van der Waals surface area contributed by atoms with E-state index in [0.29, 0.717) is 12.0 Å². The second kappa shape index (κ2) is 8.98. The largest absolute Gasteiger partial charge is 0.337 e. The molecule has 2 atom stereocenters. The van der Waals surface area contributed by atoms with Crippen LogP contribution in [-0.2, 0) is 5.75 Å². The minimum absolute atomic E-state index is 0.00550. The van der Waals surface area contributed by atoms with Gasteiger partial charge in [0.25, 0.3) is 0 Å². The predicted octanol–water partition coefficient (Wildman–Crippen LogP) is 3.80.